The molecule has 2 saturated carbocycles. The molecule has 1 aromatic carbocycles. The molecule has 0 heterocycles. The van der Waals surface area contributed by atoms with Crippen LogP contribution in [0.15, 0.2) is 18.2 Å². The summed E-state index contributed by atoms with van der Waals surface area (Å²) in [5, 5.41) is 3.04. The van der Waals surface area contributed by atoms with Crippen LogP contribution in [0.1, 0.15) is 31.7 Å². The van der Waals surface area contributed by atoms with Crippen LogP contribution in [0.25, 0.3) is 0 Å². The van der Waals surface area contributed by atoms with Crippen molar-refractivity contribution in [2.24, 2.45) is 23.5 Å². The highest BCUT2D eigenvalue weighted by atomic mass is 16.5. The van der Waals surface area contributed by atoms with E-state index in [1.54, 1.807) is 7.11 Å². The fourth-order valence-electron chi connectivity index (χ4n) is 4.13. The minimum Gasteiger partial charge on any atom is -0.493 e. The third-order valence-electron chi connectivity index (χ3n) is 5.28. The Morgan fingerprint density at radius 1 is 1.30 bits per heavy atom. The zero-order valence-corrected chi connectivity index (χ0v) is 13.9. The van der Waals surface area contributed by atoms with Gasteiger partial charge in [0.05, 0.1) is 19.6 Å². The van der Waals surface area contributed by atoms with E-state index in [1.807, 2.05) is 25.1 Å². The van der Waals surface area contributed by atoms with Crippen LogP contribution in [0.3, 0.4) is 0 Å². The molecular formula is C18H26N2O3. The molecule has 5 heteroatoms. The van der Waals surface area contributed by atoms with Gasteiger partial charge in [0.25, 0.3) is 0 Å². The van der Waals surface area contributed by atoms with E-state index in [0.29, 0.717) is 30.7 Å². The minimum atomic E-state index is -0.0154. The molecule has 3 rings (SSSR count). The van der Waals surface area contributed by atoms with Crippen LogP contribution >= 0.6 is 0 Å². The Morgan fingerprint density at radius 3 is 2.74 bits per heavy atom. The number of nitrogens with two attached hydrogens (primary N) is 1. The molecule has 23 heavy (non-hydrogen) atoms. The summed E-state index contributed by atoms with van der Waals surface area (Å²) in [4.78, 5) is 12.5. The monoisotopic (exact) mass is 318 g/mol. The molecule has 2 aliphatic carbocycles. The van der Waals surface area contributed by atoms with Gasteiger partial charge in [0.2, 0.25) is 5.91 Å². The molecule has 0 spiro atoms. The summed E-state index contributed by atoms with van der Waals surface area (Å²) in [6.45, 7) is 3.02. The van der Waals surface area contributed by atoms with E-state index in [9.17, 15) is 4.79 Å². The summed E-state index contributed by atoms with van der Waals surface area (Å²) >= 11 is 0. The van der Waals surface area contributed by atoms with Gasteiger partial charge in [-0.2, -0.15) is 0 Å². The Hall–Kier alpha value is -1.75. The fourth-order valence-corrected chi connectivity index (χ4v) is 4.13. The molecule has 1 amide bonds. The summed E-state index contributed by atoms with van der Waals surface area (Å²) in [5.74, 6) is 2.51. The van der Waals surface area contributed by atoms with Crippen molar-refractivity contribution in [3.63, 3.8) is 0 Å². The fraction of sp³-hybridized carbons (Fsp3) is 0.611. The molecule has 5 nitrogen and oxygen atoms in total. The summed E-state index contributed by atoms with van der Waals surface area (Å²) in [6.07, 6.45) is 3.45. The number of hydrogen-bond donors (Lipinski definition) is 2. The summed E-state index contributed by atoms with van der Waals surface area (Å²) in [7, 11) is 1.62. The second-order valence-electron chi connectivity index (χ2n) is 6.57. The molecule has 0 aliphatic heterocycles. The maximum atomic E-state index is 12.5. The number of fused-ring (bicyclic) bond motifs is 2. The van der Waals surface area contributed by atoms with Crippen LogP contribution in [0, 0.1) is 17.8 Å². The second kappa shape index (κ2) is 6.79. The Labute approximate surface area is 137 Å². The minimum absolute atomic E-state index is 0.0154. The van der Waals surface area contributed by atoms with Crippen molar-refractivity contribution < 1.29 is 14.3 Å². The number of methoxy groups -OCH3 is 1. The first-order valence-corrected chi connectivity index (χ1v) is 8.47. The van der Waals surface area contributed by atoms with Gasteiger partial charge < -0.3 is 20.5 Å². The SMILES string of the molecule is CCOc1ccc(CNC(=O)C2C3CCC(C3)C2N)cc1OC. The lowest BCUT2D eigenvalue weighted by Gasteiger charge is -2.27. The lowest BCUT2D eigenvalue weighted by atomic mass is 9.84. The molecule has 1 aromatic rings. The largest absolute Gasteiger partial charge is 0.493 e. The van der Waals surface area contributed by atoms with Crippen molar-refractivity contribution in [1.82, 2.24) is 5.32 Å². The van der Waals surface area contributed by atoms with Gasteiger partial charge in [0.15, 0.2) is 11.5 Å². The van der Waals surface area contributed by atoms with Crippen molar-refractivity contribution in [2.45, 2.75) is 38.8 Å². The molecule has 2 bridgehead atoms. The van der Waals surface area contributed by atoms with Crippen molar-refractivity contribution in [2.75, 3.05) is 13.7 Å². The van der Waals surface area contributed by atoms with Crippen molar-refractivity contribution in [3.8, 4) is 11.5 Å². The quantitative estimate of drug-likeness (QED) is 0.842. The van der Waals surface area contributed by atoms with Gasteiger partial charge in [-0.1, -0.05) is 6.07 Å². The van der Waals surface area contributed by atoms with Gasteiger partial charge in [-0.15, -0.1) is 0 Å². The molecule has 0 radical (unpaired) electrons. The normalized spacial score (nSPS) is 28.7. The van der Waals surface area contributed by atoms with E-state index >= 15 is 0 Å². The molecule has 0 aromatic heterocycles. The van der Waals surface area contributed by atoms with E-state index in [0.717, 1.165) is 24.2 Å². The predicted molar refractivity (Wildman–Crippen MR) is 88.3 cm³/mol. The number of amides is 1. The number of rotatable bonds is 6. The highest BCUT2D eigenvalue weighted by molar-refractivity contribution is 5.80. The second-order valence-corrected chi connectivity index (χ2v) is 6.57. The van der Waals surface area contributed by atoms with E-state index in [2.05, 4.69) is 5.32 Å². The van der Waals surface area contributed by atoms with Gasteiger partial charge in [-0.3, -0.25) is 4.79 Å². The number of carbonyl (C=O) groups is 1. The van der Waals surface area contributed by atoms with Crippen LogP contribution in [-0.4, -0.2) is 25.7 Å². The zero-order chi connectivity index (χ0) is 16.4. The van der Waals surface area contributed by atoms with Crippen molar-refractivity contribution in [3.05, 3.63) is 23.8 Å². The van der Waals surface area contributed by atoms with Gasteiger partial charge in [0.1, 0.15) is 0 Å². The number of benzene rings is 1. The molecule has 2 fully saturated rings. The van der Waals surface area contributed by atoms with E-state index in [4.69, 9.17) is 15.2 Å². The lowest BCUT2D eigenvalue weighted by molar-refractivity contribution is -0.127. The third-order valence-corrected chi connectivity index (χ3v) is 5.28. The van der Waals surface area contributed by atoms with Gasteiger partial charge in [-0.25, -0.2) is 0 Å². The molecule has 0 saturated heterocycles. The van der Waals surface area contributed by atoms with Crippen LogP contribution in [-0.2, 0) is 11.3 Å². The van der Waals surface area contributed by atoms with Crippen LogP contribution in [0.4, 0.5) is 0 Å². The number of carbonyl (C=O) groups excluding carboxylic acids is 1. The highest BCUT2D eigenvalue weighted by Crippen LogP contribution is 2.47. The average molecular weight is 318 g/mol. The highest BCUT2D eigenvalue weighted by Gasteiger charge is 2.48. The van der Waals surface area contributed by atoms with Gasteiger partial charge in [0, 0.05) is 12.6 Å². The number of hydrogen-bond acceptors (Lipinski definition) is 4. The molecular weight excluding hydrogens is 292 g/mol. The maximum Gasteiger partial charge on any atom is 0.225 e. The smallest absolute Gasteiger partial charge is 0.225 e. The molecule has 3 N–H and O–H groups in total. The van der Waals surface area contributed by atoms with Gasteiger partial charge >= 0.3 is 0 Å². The summed E-state index contributed by atoms with van der Waals surface area (Å²) < 4.78 is 10.9. The maximum absolute atomic E-state index is 12.5. The zero-order valence-electron chi connectivity index (χ0n) is 13.9. The van der Waals surface area contributed by atoms with Crippen molar-refractivity contribution in [1.29, 1.82) is 0 Å². The Bertz CT molecular complexity index is 573. The van der Waals surface area contributed by atoms with Crippen LogP contribution in [0.2, 0.25) is 0 Å². The average Bonchev–Trinajstić information content (AvgIpc) is 3.15. The van der Waals surface area contributed by atoms with E-state index in [-0.39, 0.29) is 17.9 Å². The standard InChI is InChI=1S/C18H26N2O3/c1-3-23-14-7-4-11(8-15(14)22-2)10-20-18(21)16-12-5-6-13(9-12)17(16)19/h4,7-8,12-13,16-17H,3,5-6,9-10,19H2,1-2H3,(H,20,21). The molecule has 4 unspecified atom stereocenters. The topological polar surface area (TPSA) is 73.6 Å². The summed E-state index contributed by atoms with van der Waals surface area (Å²) in [6, 6.07) is 5.77. The summed E-state index contributed by atoms with van der Waals surface area (Å²) in [5.41, 5.74) is 7.23. The first-order chi connectivity index (χ1) is 11.1. The predicted octanol–water partition coefficient (Wildman–Crippen LogP) is 2.08. The molecule has 126 valence electrons. The Balaban J connectivity index is 1.61. The molecule has 4 atom stereocenters. The first-order valence-electron chi connectivity index (χ1n) is 8.47. The lowest BCUT2D eigenvalue weighted by Crippen LogP contribution is -2.45. The van der Waals surface area contributed by atoms with E-state index in [1.165, 1.54) is 6.42 Å². The third kappa shape index (κ3) is 3.15. The Kier molecular flexibility index (Phi) is 4.76. The van der Waals surface area contributed by atoms with Crippen LogP contribution < -0.4 is 20.5 Å². The van der Waals surface area contributed by atoms with Crippen molar-refractivity contribution >= 4 is 5.91 Å². The first kappa shape index (κ1) is 16.1. The Morgan fingerprint density at radius 2 is 2.09 bits per heavy atom. The number of ether oxygens (including phenoxy) is 2. The van der Waals surface area contributed by atoms with E-state index < -0.39 is 0 Å². The van der Waals surface area contributed by atoms with Gasteiger partial charge in [-0.05, 0) is 55.7 Å². The van der Waals surface area contributed by atoms with Crippen LogP contribution in [0.5, 0.6) is 11.5 Å². The molecule has 2 aliphatic rings. The number of nitrogens with one attached hydrogen (secondary N) is 1.